The maximum Gasteiger partial charge on any atom is 0.191 e. The fourth-order valence-corrected chi connectivity index (χ4v) is 2.80. The molecule has 6 heteroatoms. The third-order valence-electron chi connectivity index (χ3n) is 4.16. The summed E-state index contributed by atoms with van der Waals surface area (Å²) in [5, 5.41) is 6.72. The number of hydrogen-bond donors (Lipinski definition) is 2. The van der Waals surface area contributed by atoms with Crippen LogP contribution in [-0.2, 0) is 11.2 Å². The molecule has 0 aliphatic carbocycles. The molecule has 0 spiro atoms. The van der Waals surface area contributed by atoms with E-state index in [-0.39, 0.29) is 35.7 Å². The van der Waals surface area contributed by atoms with Crippen LogP contribution in [0.25, 0.3) is 0 Å². The first-order valence-electron chi connectivity index (χ1n) is 8.85. The fourth-order valence-electron chi connectivity index (χ4n) is 2.80. The van der Waals surface area contributed by atoms with E-state index in [0.29, 0.717) is 0 Å². The molecule has 5 nitrogen and oxygen atoms in total. The summed E-state index contributed by atoms with van der Waals surface area (Å²) in [4.78, 5) is 4.28. The van der Waals surface area contributed by atoms with E-state index in [1.165, 1.54) is 5.56 Å². The lowest BCUT2D eigenvalue weighted by molar-refractivity contribution is 0.0243. The Morgan fingerprint density at radius 3 is 2.56 bits per heavy atom. The number of nitrogens with zero attached hydrogens (tertiary/aromatic N) is 1. The highest BCUT2D eigenvalue weighted by molar-refractivity contribution is 14.0. The molecule has 142 valence electrons. The number of benzene rings is 1. The highest BCUT2D eigenvalue weighted by Gasteiger charge is 2.29. The Morgan fingerprint density at radius 1 is 1.28 bits per heavy atom. The minimum Gasteiger partial charge on any atom is -0.491 e. The van der Waals surface area contributed by atoms with Gasteiger partial charge in [-0.3, -0.25) is 4.99 Å². The lowest BCUT2D eigenvalue weighted by atomic mass is 10.0. The van der Waals surface area contributed by atoms with Gasteiger partial charge in [0.25, 0.3) is 0 Å². The smallest absolute Gasteiger partial charge is 0.191 e. The third-order valence-corrected chi connectivity index (χ3v) is 4.16. The van der Waals surface area contributed by atoms with E-state index in [1.807, 2.05) is 26.0 Å². The van der Waals surface area contributed by atoms with E-state index in [2.05, 4.69) is 34.7 Å². The molecule has 1 unspecified atom stereocenters. The molecule has 0 bridgehead atoms. The molecule has 2 rings (SSSR count). The highest BCUT2D eigenvalue weighted by Crippen LogP contribution is 2.23. The van der Waals surface area contributed by atoms with Crippen LogP contribution in [0.4, 0.5) is 0 Å². The van der Waals surface area contributed by atoms with Gasteiger partial charge < -0.3 is 20.1 Å². The topological polar surface area (TPSA) is 54.9 Å². The van der Waals surface area contributed by atoms with Gasteiger partial charge in [0.05, 0.1) is 11.7 Å². The Bertz CT molecular complexity index is 526. The zero-order chi connectivity index (χ0) is 17.4. The molecule has 0 amide bonds. The van der Waals surface area contributed by atoms with Gasteiger partial charge in [0.1, 0.15) is 5.75 Å². The van der Waals surface area contributed by atoms with Crippen LogP contribution < -0.4 is 15.4 Å². The van der Waals surface area contributed by atoms with Crippen molar-refractivity contribution >= 4 is 29.9 Å². The Labute approximate surface area is 169 Å². The number of aliphatic imine (C=N–C) groups is 1. The second-order valence-corrected chi connectivity index (χ2v) is 6.82. The average Bonchev–Trinajstić information content (AvgIpc) is 2.99. The van der Waals surface area contributed by atoms with Crippen LogP contribution in [0.3, 0.4) is 0 Å². The van der Waals surface area contributed by atoms with E-state index >= 15 is 0 Å². The molecule has 1 saturated heterocycles. The summed E-state index contributed by atoms with van der Waals surface area (Å²) in [6.45, 7) is 8.71. The van der Waals surface area contributed by atoms with Crippen molar-refractivity contribution < 1.29 is 9.47 Å². The van der Waals surface area contributed by atoms with Crippen molar-refractivity contribution in [2.24, 2.45) is 4.99 Å². The Kier molecular flexibility index (Phi) is 9.56. The van der Waals surface area contributed by atoms with Crippen molar-refractivity contribution in [3.63, 3.8) is 0 Å². The monoisotopic (exact) mass is 461 g/mol. The highest BCUT2D eigenvalue weighted by atomic mass is 127. The van der Waals surface area contributed by atoms with Gasteiger partial charge in [0, 0.05) is 26.7 Å². The molecule has 0 radical (unpaired) electrons. The SMILES string of the molecule is CN=C(NCCc1ccc(OC(C)C)cc1)NCC1(C)CCCO1.I. The number of rotatable bonds is 7. The zero-order valence-corrected chi connectivity index (χ0v) is 18.1. The van der Waals surface area contributed by atoms with E-state index in [0.717, 1.165) is 50.7 Å². The Morgan fingerprint density at radius 2 is 2.00 bits per heavy atom. The normalized spacial score (nSPS) is 20.3. The third kappa shape index (κ3) is 7.81. The van der Waals surface area contributed by atoms with Gasteiger partial charge >= 0.3 is 0 Å². The molecular formula is C19H32IN3O2. The van der Waals surface area contributed by atoms with Crippen LogP contribution in [0.1, 0.15) is 39.2 Å². The number of hydrogen-bond acceptors (Lipinski definition) is 3. The second kappa shape index (κ2) is 10.9. The van der Waals surface area contributed by atoms with Crippen molar-refractivity contribution in [3.8, 4) is 5.75 Å². The Balaban J connectivity index is 0.00000312. The average molecular weight is 461 g/mol. The zero-order valence-electron chi connectivity index (χ0n) is 15.8. The van der Waals surface area contributed by atoms with E-state index < -0.39 is 0 Å². The number of nitrogens with one attached hydrogen (secondary N) is 2. The number of guanidine groups is 1. The summed E-state index contributed by atoms with van der Waals surface area (Å²) in [5.41, 5.74) is 1.21. The lowest BCUT2D eigenvalue weighted by Gasteiger charge is -2.24. The van der Waals surface area contributed by atoms with Gasteiger partial charge in [-0.25, -0.2) is 0 Å². The van der Waals surface area contributed by atoms with E-state index in [9.17, 15) is 0 Å². The summed E-state index contributed by atoms with van der Waals surface area (Å²) in [7, 11) is 1.80. The van der Waals surface area contributed by atoms with Crippen molar-refractivity contribution in [2.45, 2.75) is 51.7 Å². The molecule has 1 heterocycles. The fraction of sp³-hybridized carbons (Fsp3) is 0.632. The maximum absolute atomic E-state index is 5.79. The van der Waals surface area contributed by atoms with Crippen molar-refractivity contribution in [1.29, 1.82) is 0 Å². The molecule has 0 aromatic heterocycles. The standard InChI is InChI=1S/C19H31N3O2.HI/c1-15(2)24-17-8-6-16(7-9-17)10-12-21-18(20-4)22-14-19(3)11-5-13-23-19;/h6-9,15H,5,10-14H2,1-4H3,(H2,20,21,22);1H. The minimum atomic E-state index is -0.0656. The first-order chi connectivity index (χ1) is 11.5. The number of halogens is 1. The molecule has 1 aromatic rings. The number of ether oxygens (including phenoxy) is 2. The summed E-state index contributed by atoms with van der Waals surface area (Å²) in [6.07, 6.45) is 3.39. The quantitative estimate of drug-likeness (QED) is 0.372. The first-order valence-corrected chi connectivity index (χ1v) is 8.85. The minimum absolute atomic E-state index is 0. The largest absolute Gasteiger partial charge is 0.491 e. The lowest BCUT2D eigenvalue weighted by Crippen LogP contribution is -2.45. The van der Waals surface area contributed by atoms with Gasteiger partial charge in [-0.2, -0.15) is 0 Å². The van der Waals surface area contributed by atoms with E-state index in [4.69, 9.17) is 9.47 Å². The molecule has 0 saturated carbocycles. The van der Waals surface area contributed by atoms with Crippen LogP contribution in [0.5, 0.6) is 5.75 Å². The molecule has 1 fully saturated rings. The summed E-state index contributed by atoms with van der Waals surface area (Å²) >= 11 is 0. The van der Waals surface area contributed by atoms with Gasteiger partial charge in [-0.05, 0) is 57.7 Å². The molecule has 1 aliphatic rings. The molecule has 2 N–H and O–H groups in total. The van der Waals surface area contributed by atoms with Gasteiger partial charge in [0.15, 0.2) is 5.96 Å². The summed E-state index contributed by atoms with van der Waals surface area (Å²) in [6, 6.07) is 8.29. The van der Waals surface area contributed by atoms with Gasteiger partial charge in [-0.1, -0.05) is 12.1 Å². The predicted octanol–water partition coefficient (Wildman–Crippen LogP) is 3.37. The van der Waals surface area contributed by atoms with E-state index in [1.54, 1.807) is 7.05 Å². The molecule has 1 aromatic carbocycles. The van der Waals surface area contributed by atoms with Crippen LogP contribution in [0, 0.1) is 0 Å². The summed E-state index contributed by atoms with van der Waals surface area (Å²) in [5.74, 6) is 1.75. The molecule has 1 aliphatic heterocycles. The second-order valence-electron chi connectivity index (χ2n) is 6.82. The molecular weight excluding hydrogens is 429 g/mol. The van der Waals surface area contributed by atoms with Gasteiger partial charge in [0.2, 0.25) is 0 Å². The van der Waals surface area contributed by atoms with Crippen LogP contribution >= 0.6 is 24.0 Å². The van der Waals surface area contributed by atoms with Crippen LogP contribution in [-0.4, -0.2) is 44.4 Å². The maximum atomic E-state index is 5.79. The van der Waals surface area contributed by atoms with Crippen LogP contribution in [0.15, 0.2) is 29.3 Å². The van der Waals surface area contributed by atoms with Gasteiger partial charge in [-0.15, -0.1) is 24.0 Å². The molecule has 1 atom stereocenters. The summed E-state index contributed by atoms with van der Waals surface area (Å²) < 4.78 is 11.5. The Hall–Kier alpha value is -1.02. The van der Waals surface area contributed by atoms with Crippen molar-refractivity contribution in [2.75, 3.05) is 26.7 Å². The predicted molar refractivity (Wildman–Crippen MR) is 114 cm³/mol. The molecule has 25 heavy (non-hydrogen) atoms. The van der Waals surface area contributed by atoms with Crippen molar-refractivity contribution in [3.05, 3.63) is 29.8 Å². The van der Waals surface area contributed by atoms with Crippen molar-refractivity contribution in [1.82, 2.24) is 10.6 Å². The first kappa shape index (κ1) is 22.0. The van der Waals surface area contributed by atoms with Crippen LogP contribution in [0.2, 0.25) is 0 Å².